The van der Waals surface area contributed by atoms with Gasteiger partial charge in [-0.05, 0) is 32.1 Å². The van der Waals surface area contributed by atoms with Gasteiger partial charge in [-0.25, -0.2) is 0 Å². The minimum absolute atomic E-state index is 0.0184. The van der Waals surface area contributed by atoms with Crippen LogP contribution in [0.5, 0.6) is 0 Å². The van der Waals surface area contributed by atoms with E-state index in [1.807, 2.05) is 13.8 Å². The predicted molar refractivity (Wildman–Crippen MR) is 103 cm³/mol. The van der Waals surface area contributed by atoms with Gasteiger partial charge in [0.25, 0.3) is 0 Å². The highest BCUT2D eigenvalue weighted by atomic mass is 16.5. The number of ketones is 1. The number of hydrogen-bond acceptors (Lipinski definition) is 3. The first kappa shape index (κ1) is 19.3. The Balaban J connectivity index is 2.21. The van der Waals surface area contributed by atoms with Crippen LogP contribution in [-0.4, -0.2) is 28.9 Å². The van der Waals surface area contributed by atoms with Crippen LogP contribution in [0.2, 0.25) is 0 Å². The standard InChI is InChI=1S/C22H33NO3/c1-8-20(5)13-15(25)18-21(6)11-9-10-19(3,4)16(21)12-17(23-14(2)24)22(18,7)26-20/h8,12,17-18H,1,9-11,13H2,2-7H3,(H,23,24)/t17?,18-,20+,21+,22-/m1/s1. The largest absolute Gasteiger partial charge is 0.361 e. The Bertz CT molecular complexity index is 694. The lowest BCUT2D eigenvalue weighted by atomic mass is 9.47. The number of allylic oxidation sites excluding steroid dienone is 1. The lowest BCUT2D eigenvalue weighted by molar-refractivity contribution is -0.213. The van der Waals surface area contributed by atoms with Gasteiger partial charge in [0.2, 0.25) is 5.91 Å². The zero-order valence-corrected chi connectivity index (χ0v) is 17.1. The zero-order valence-electron chi connectivity index (χ0n) is 17.1. The lowest BCUT2D eigenvalue weighted by Gasteiger charge is -2.62. The molecule has 0 aromatic heterocycles. The summed E-state index contributed by atoms with van der Waals surface area (Å²) < 4.78 is 6.58. The lowest BCUT2D eigenvalue weighted by Crippen LogP contribution is -2.70. The molecular formula is C22H33NO3. The average Bonchev–Trinajstić information content (AvgIpc) is 2.47. The third-order valence-corrected chi connectivity index (χ3v) is 7.09. The summed E-state index contributed by atoms with van der Waals surface area (Å²) in [4.78, 5) is 25.4. The van der Waals surface area contributed by atoms with Crippen LogP contribution >= 0.6 is 0 Å². The van der Waals surface area contributed by atoms with Crippen molar-refractivity contribution in [1.82, 2.24) is 5.32 Å². The van der Waals surface area contributed by atoms with Crippen LogP contribution in [0.15, 0.2) is 24.3 Å². The molecule has 2 aliphatic carbocycles. The fourth-order valence-electron chi connectivity index (χ4n) is 6.10. The molecule has 1 N–H and O–H groups in total. The van der Waals surface area contributed by atoms with Crippen molar-refractivity contribution in [2.75, 3.05) is 0 Å². The van der Waals surface area contributed by atoms with E-state index in [9.17, 15) is 9.59 Å². The molecule has 3 rings (SSSR count). The van der Waals surface area contributed by atoms with E-state index >= 15 is 0 Å². The van der Waals surface area contributed by atoms with E-state index in [4.69, 9.17) is 4.74 Å². The number of rotatable bonds is 2. The van der Waals surface area contributed by atoms with E-state index in [-0.39, 0.29) is 34.5 Å². The summed E-state index contributed by atoms with van der Waals surface area (Å²) in [5.41, 5.74) is -0.396. The summed E-state index contributed by atoms with van der Waals surface area (Å²) in [6.45, 7) is 16.1. The van der Waals surface area contributed by atoms with Crippen molar-refractivity contribution < 1.29 is 14.3 Å². The third kappa shape index (κ3) is 2.69. The minimum atomic E-state index is -0.782. The fraction of sp³-hybridized carbons (Fsp3) is 0.727. The monoisotopic (exact) mass is 359 g/mol. The molecule has 0 radical (unpaired) electrons. The number of ether oxygens (including phenoxy) is 1. The van der Waals surface area contributed by atoms with Gasteiger partial charge in [-0.15, -0.1) is 6.58 Å². The van der Waals surface area contributed by atoms with Crippen molar-refractivity contribution in [3.05, 3.63) is 24.3 Å². The number of hydrogen-bond donors (Lipinski definition) is 1. The molecule has 144 valence electrons. The van der Waals surface area contributed by atoms with E-state index in [2.05, 4.69) is 38.7 Å². The van der Waals surface area contributed by atoms with Crippen molar-refractivity contribution in [3.63, 3.8) is 0 Å². The van der Waals surface area contributed by atoms with Crippen LogP contribution in [0.3, 0.4) is 0 Å². The summed E-state index contributed by atoms with van der Waals surface area (Å²) in [5.74, 6) is -0.146. The third-order valence-electron chi connectivity index (χ3n) is 7.09. The number of amides is 1. The zero-order chi connectivity index (χ0) is 19.5. The number of nitrogens with one attached hydrogen (secondary N) is 1. The Kier molecular flexibility index (Phi) is 4.31. The van der Waals surface area contributed by atoms with Gasteiger partial charge in [-0.3, -0.25) is 9.59 Å². The van der Waals surface area contributed by atoms with Crippen molar-refractivity contribution in [2.45, 2.75) is 84.5 Å². The molecule has 5 atom stereocenters. The molecule has 1 saturated carbocycles. The maximum absolute atomic E-state index is 13.4. The second-order valence-corrected chi connectivity index (χ2v) is 9.79. The first-order valence-electron chi connectivity index (χ1n) is 9.74. The molecular weight excluding hydrogens is 326 g/mol. The molecule has 4 heteroatoms. The Morgan fingerprint density at radius 2 is 1.92 bits per heavy atom. The van der Waals surface area contributed by atoms with Crippen LogP contribution < -0.4 is 5.32 Å². The molecule has 1 heterocycles. The van der Waals surface area contributed by atoms with Gasteiger partial charge in [0.05, 0.1) is 17.6 Å². The van der Waals surface area contributed by atoms with Crippen LogP contribution in [0.25, 0.3) is 0 Å². The number of carbonyl (C=O) groups excluding carboxylic acids is 2. The predicted octanol–water partition coefficient (Wildman–Crippen LogP) is 3.96. The molecule has 0 spiro atoms. The molecule has 0 aromatic carbocycles. The number of carbonyl (C=O) groups is 2. The van der Waals surface area contributed by atoms with Crippen molar-refractivity contribution in [1.29, 1.82) is 0 Å². The van der Waals surface area contributed by atoms with Gasteiger partial charge < -0.3 is 10.1 Å². The number of fused-ring (bicyclic) bond motifs is 3. The fourth-order valence-corrected chi connectivity index (χ4v) is 6.10. The average molecular weight is 360 g/mol. The quantitative estimate of drug-likeness (QED) is 0.759. The highest BCUT2D eigenvalue weighted by Gasteiger charge is 2.64. The van der Waals surface area contributed by atoms with Crippen LogP contribution in [-0.2, 0) is 14.3 Å². The normalized spacial score (nSPS) is 44.4. The van der Waals surface area contributed by atoms with Crippen molar-refractivity contribution >= 4 is 11.7 Å². The van der Waals surface area contributed by atoms with Crippen LogP contribution in [0, 0.1) is 16.7 Å². The maximum atomic E-state index is 13.4. The highest BCUT2D eigenvalue weighted by molar-refractivity contribution is 5.87. The Hall–Kier alpha value is -1.42. The molecule has 1 amide bonds. The van der Waals surface area contributed by atoms with Gasteiger partial charge in [-0.2, -0.15) is 0 Å². The van der Waals surface area contributed by atoms with Gasteiger partial charge in [0, 0.05) is 18.8 Å². The minimum Gasteiger partial charge on any atom is -0.361 e. The Morgan fingerprint density at radius 3 is 2.50 bits per heavy atom. The molecule has 0 bridgehead atoms. The summed E-state index contributed by atoms with van der Waals surface area (Å²) >= 11 is 0. The second kappa shape index (κ2) is 5.79. The van der Waals surface area contributed by atoms with Gasteiger partial charge in [-0.1, -0.05) is 44.9 Å². The summed E-state index contributed by atoms with van der Waals surface area (Å²) in [5, 5.41) is 3.07. The first-order chi connectivity index (χ1) is 11.9. The van der Waals surface area contributed by atoms with Gasteiger partial charge in [0.15, 0.2) is 0 Å². The Morgan fingerprint density at radius 1 is 1.27 bits per heavy atom. The molecule has 0 aromatic rings. The molecule has 1 unspecified atom stereocenters. The van der Waals surface area contributed by atoms with E-state index in [1.165, 1.54) is 12.5 Å². The first-order valence-corrected chi connectivity index (χ1v) is 9.74. The molecule has 2 fully saturated rings. The maximum Gasteiger partial charge on any atom is 0.217 e. The Labute approximate surface area is 157 Å². The molecule has 26 heavy (non-hydrogen) atoms. The highest BCUT2D eigenvalue weighted by Crippen LogP contribution is 2.62. The van der Waals surface area contributed by atoms with E-state index in [1.54, 1.807) is 6.08 Å². The van der Waals surface area contributed by atoms with E-state index < -0.39 is 11.2 Å². The van der Waals surface area contributed by atoms with Crippen LogP contribution in [0.1, 0.15) is 67.2 Å². The topological polar surface area (TPSA) is 55.4 Å². The summed E-state index contributed by atoms with van der Waals surface area (Å²) in [6.07, 6.45) is 7.44. The SMILES string of the molecule is C=C[C@@]1(C)CC(=O)[C@@H]2[C@@]3(C)CCCC(C)(C)C3=CC(NC(C)=O)[C@@]2(C)O1. The van der Waals surface area contributed by atoms with Crippen molar-refractivity contribution in [3.8, 4) is 0 Å². The summed E-state index contributed by atoms with van der Waals surface area (Å²) in [7, 11) is 0. The van der Waals surface area contributed by atoms with Crippen LogP contribution in [0.4, 0.5) is 0 Å². The molecule has 1 saturated heterocycles. The van der Waals surface area contributed by atoms with Gasteiger partial charge in [0.1, 0.15) is 11.4 Å². The summed E-state index contributed by atoms with van der Waals surface area (Å²) in [6, 6.07) is -0.325. The smallest absolute Gasteiger partial charge is 0.217 e. The van der Waals surface area contributed by atoms with E-state index in [0.29, 0.717) is 6.42 Å². The molecule has 1 aliphatic heterocycles. The van der Waals surface area contributed by atoms with Crippen molar-refractivity contribution in [2.24, 2.45) is 16.7 Å². The second-order valence-electron chi connectivity index (χ2n) is 9.79. The number of Topliss-reactive ketones (excluding diaryl/α,β-unsaturated/α-hetero) is 1. The van der Waals surface area contributed by atoms with Gasteiger partial charge >= 0.3 is 0 Å². The van der Waals surface area contributed by atoms with E-state index in [0.717, 1.165) is 19.3 Å². The molecule has 3 aliphatic rings. The molecule has 4 nitrogen and oxygen atoms in total.